The van der Waals surface area contributed by atoms with E-state index in [4.69, 9.17) is 5.26 Å². The van der Waals surface area contributed by atoms with Crippen LogP contribution in [-0.2, 0) is 0 Å². The lowest BCUT2D eigenvalue weighted by Gasteiger charge is -2.35. The van der Waals surface area contributed by atoms with Crippen LogP contribution in [0, 0.1) is 11.3 Å². The minimum Gasteiger partial charge on any atom is -0.369 e. The van der Waals surface area contributed by atoms with Gasteiger partial charge in [0.2, 0.25) is 0 Å². The van der Waals surface area contributed by atoms with E-state index in [0.29, 0.717) is 11.6 Å². The summed E-state index contributed by atoms with van der Waals surface area (Å²) in [5.74, 6) is 0.872. The molecule has 0 saturated carbocycles. The van der Waals surface area contributed by atoms with Crippen LogP contribution >= 0.6 is 0 Å². The highest BCUT2D eigenvalue weighted by Crippen LogP contribution is 2.21. The van der Waals surface area contributed by atoms with Gasteiger partial charge in [0, 0.05) is 31.0 Å². The molecule has 5 nitrogen and oxygen atoms in total. The first-order valence-corrected chi connectivity index (χ1v) is 7.13. The van der Waals surface area contributed by atoms with E-state index in [1.807, 2.05) is 30.3 Å². The Morgan fingerprint density at radius 2 is 2.10 bits per heavy atom. The van der Waals surface area contributed by atoms with Crippen molar-refractivity contribution in [2.75, 3.05) is 23.3 Å². The highest BCUT2D eigenvalue weighted by molar-refractivity contribution is 5.50. The molecule has 0 radical (unpaired) electrons. The molecule has 1 aromatic carbocycles. The molecule has 5 heteroatoms. The van der Waals surface area contributed by atoms with E-state index >= 15 is 0 Å². The molecule has 2 aromatic rings. The number of piperidine rings is 1. The van der Waals surface area contributed by atoms with E-state index < -0.39 is 0 Å². The summed E-state index contributed by atoms with van der Waals surface area (Å²) in [5, 5.41) is 12.3. The predicted octanol–water partition coefficient (Wildman–Crippen LogP) is 2.43. The number of nitrogens with zero attached hydrogens (tertiary/aromatic N) is 4. The van der Waals surface area contributed by atoms with E-state index in [-0.39, 0.29) is 0 Å². The van der Waals surface area contributed by atoms with E-state index in [9.17, 15) is 0 Å². The molecule has 1 saturated heterocycles. The number of benzene rings is 1. The van der Waals surface area contributed by atoms with Crippen LogP contribution in [0.25, 0.3) is 0 Å². The zero-order chi connectivity index (χ0) is 14.5. The summed E-state index contributed by atoms with van der Waals surface area (Å²) in [5.41, 5.74) is 1.87. The molecule has 1 aliphatic heterocycles. The molecular weight excluding hydrogens is 262 g/mol. The summed E-state index contributed by atoms with van der Waals surface area (Å²) in [6.45, 7) is 1.99. The molecule has 1 N–H and O–H groups in total. The molecule has 0 bridgehead atoms. The van der Waals surface area contributed by atoms with Gasteiger partial charge in [-0.3, -0.25) is 0 Å². The highest BCUT2D eigenvalue weighted by atomic mass is 15.2. The Morgan fingerprint density at radius 1 is 1.24 bits per heavy atom. The summed E-state index contributed by atoms with van der Waals surface area (Å²) >= 11 is 0. The van der Waals surface area contributed by atoms with Gasteiger partial charge in [-0.15, -0.1) is 0 Å². The fourth-order valence-corrected chi connectivity index (χ4v) is 2.66. The summed E-state index contributed by atoms with van der Waals surface area (Å²) in [6.07, 6.45) is 5.58. The van der Waals surface area contributed by atoms with Crippen molar-refractivity contribution >= 4 is 11.5 Å². The average Bonchev–Trinajstić information content (AvgIpc) is 2.56. The van der Waals surface area contributed by atoms with Crippen LogP contribution in [0.5, 0.6) is 0 Å². The first-order valence-electron chi connectivity index (χ1n) is 7.13. The molecule has 3 rings (SSSR count). The van der Waals surface area contributed by atoms with E-state index in [0.717, 1.165) is 31.7 Å². The van der Waals surface area contributed by atoms with Crippen LogP contribution in [0.4, 0.5) is 11.5 Å². The quantitative estimate of drug-likeness (QED) is 0.934. The third-order valence-electron chi connectivity index (χ3n) is 3.72. The largest absolute Gasteiger partial charge is 0.369 e. The Bertz CT molecular complexity index is 617. The van der Waals surface area contributed by atoms with Crippen molar-refractivity contribution in [1.29, 1.82) is 5.26 Å². The minimum absolute atomic E-state index is 0.379. The number of nitrogens with one attached hydrogen (secondary N) is 1. The van der Waals surface area contributed by atoms with E-state index in [1.54, 1.807) is 12.5 Å². The van der Waals surface area contributed by atoms with Crippen LogP contribution in [0.3, 0.4) is 0 Å². The van der Waals surface area contributed by atoms with Gasteiger partial charge in [-0.1, -0.05) is 0 Å². The van der Waals surface area contributed by atoms with Crippen molar-refractivity contribution in [3.63, 3.8) is 0 Å². The fourth-order valence-electron chi connectivity index (χ4n) is 2.66. The Hall–Kier alpha value is -2.61. The highest BCUT2D eigenvalue weighted by Gasteiger charge is 2.20. The normalized spacial score (nSPS) is 18.0. The van der Waals surface area contributed by atoms with Crippen molar-refractivity contribution in [3.05, 3.63) is 48.4 Å². The minimum atomic E-state index is 0.379. The molecule has 1 fully saturated rings. The molecule has 1 atom stereocenters. The Morgan fingerprint density at radius 3 is 2.81 bits per heavy atom. The SMILES string of the molecule is N#Cc1ccc(N2CCCC(Nc3ccncn3)C2)cc1. The number of hydrogen-bond acceptors (Lipinski definition) is 5. The van der Waals surface area contributed by atoms with Crippen molar-refractivity contribution < 1.29 is 0 Å². The Labute approximate surface area is 124 Å². The van der Waals surface area contributed by atoms with Gasteiger partial charge in [-0.25, -0.2) is 9.97 Å². The van der Waals surface area contributed by atoms with E-state index in [1.165, 1.54) is 5.69 Å². The second-order valence-electron chi connectivity index (χ2n) is 5.18. The molecule has 0 amide bonds. The van der Waals surface area contributed by atoms with E-state index in [2.05, 4.69) is 26.3 Å². The second-order valence-corrected chi connectivity index (χ2v) is 5.18. The number of aromatic nitrogens is 2. The predicted molar refractivity (Wildman–Crippen MR) is 82.0 cm³/mol. The van der Waals surface area contributed by atoms with Gasteiger partial charge in [0.25, 0.3) is 0 Å². The van der Waals surface area contributed by atoms with Gasteiger partial charge in [0.05, 0.1) is 11.6 Å². The third kappa shape index (κ3) is 3.29. The molecule has 1 unspecified atom stereocenters. The van der Waals surface area contributed by atoms with Crippen LogP contribution in [-0.4, -0.2) is 29.1 Å². The summed E-state index contributed by atoms with van der Waals surface area (Å²) in [4.78, 5) is 10.5. The van der Waals surface area contributed by atoms with Crippen molar-refractivity contribution in [2.24, 2.45) is 0 Å². The van der Waals surface area contributed by atoms with Crippen LogP contribution < -0.4 is 10.2 Å². The molecule has 21 heavy (non-hydrogen) atoms. The van der Waals surface area contributed by atoms with Gasteiger partial charge in [-0.05, 0) is 43.2 Å². The lowest BCUT2D eigenvalue weighted by atomic mass is 10.0. The van der Waals surface area contributed by atoms with Crippen LogP contribution in [0.1, 0.15) is 18.4 Å². The van der Waals surface area contributed by atoms with Crippen LogP contribution in [0.15, 0.2) is 42.9 Å². The van der Waals surface area contributed by atoms with Gasteiger partial charge in [0.15, 0.2) is 0 Å². The Balaban J connectivity index is 1.66. The standard InChI is InChI=1S/C16H17N5/c17-10-13-3-5-15(6-4-13)21-9-1-2-14(11-21)20-16-7-8-18-12-19-16/h3-8,12,14H,1-2,9,11H2,(H,18,19,20). The van der Waals surface area contributed by atoms with Crippen LogP contribution in [0.2, 0.25) is 0 Å². The number of anilines is 2. The zero-order valence-corrected chi connectivity index (χ0v) is 11.7. The topological polar surface area (TPSA) is 64.8 Å². The zero-order valence-electron chi connectivity index (χ0n) is 11.7. The first-order chi connectivity index (χ1) is 10.3. The van der Waals surface area contributed by atoms with Crippen molar-refractivity contribution in [2.45, 2.75) is 18.9 Å². The lowest BCUT2D eigenvalue weighted by molar-refractivity contribution is 0.529. The monoisotopic (exact) mass is 279 g/mol. The summed E-state index contributed by atoms with van der Waals surface area (Å²) < 4.78 is 0. The maximum Gasteiger partial charge on any atom is 0.129 e. The number of rotatable bonds is 3. The second kappa shape index (κ2) is 6.23. The number of hydrogen-bond donors (Lipinski definition) is 1. The third-order valence-corrected chi connectivity index (χ3v) is 3.72. The maximum atomic E-state index is 8.86. The lowest BCUT2D eigenvalue weighted by Crippen LogP contribution is -2.42. The Kier molecular flexibility index (Phi) is 3.97. The van der Waals surface area contributed by atoms with Crippen molar-refractivity contribution in [3.8, 4) is 6.07 Å². The molecule has 1 aliphatic rings. The van der Waals surface area contributed by atoms with Crippen molar-refractivity contribution in [1.82, 2.24) is 9.97 Å². The fraction of sp³-hybridized carbons (Fsp3) is 0.312. The van der Waals surface area contributed by atoms with Gasteiger partial charge in [-0.2, -0.15) is 5.26 Å². The molecule has 106 valence electrons. The summed E-state index contributed by atoms with van der Waals surface area (Å²) in [6, 6.07) is 12.2. The average molecular weight is 279 g/mol. The molecule has 1 aromatic heterocycles. The van der Waals surface area contributed by atoms with Gasteiger partial charge < -0.3 is 10.2 Å². The molecule has 0 aliphatic carbocycles. The van der Waals surface area contributed by atoms with Gasteiger partial charge in [0.1, 0.15) is 12.1 Å². The molecule has 2 heterocycles. The smallest absolute Gasteiger partial charge is 0.129 e. The summed E-state index contributed by atoms with van der Waals surface area (Å²) in [7, 11) is 0. The van der Waals surface area contributed by atoms with Gasteiger partial charge >= 0.3 is 0 Å². The molecule has 0 spiro atoms. The maximum absolute atomic E-state index is 8.86. The first kappa shape index (κ1) is 13.4. The molecular formula is C16H17N5. The number of nitriles is 1.